The van der Waals surface area contributed by atoms with E-state index in [0.29, 0.717) is 0 Å². The van der Waals surface area contributed by atoms with Gasteiger partial charge in [-0.05, 0) is 82.6 Å². The van der Waals surface area contributed by atoms with Gasteiger partial charge in [0.05, 0.1) is 37.6 Å². The molecule has 0 aliphatic carbocycles. The summed E-state index contributed by atoms with van der Waals surface area (Å²) in [6.45, 7) is 16.5. The first-order valence-corrected chi connectivity index (χ1v) is 30.5. The van der Waals surface area contributed by atoms with Gasteiger partial charge in [-0.25, -0.2) is 4.79 Å². The third kappa shape index (κ3) is 26.6. The Morgan fingerprint density at radius 1 is 0.696 bits per heavy atom. The summed E-state index contributed by atoms with van der Waals surface area (Å²) in [5.74, 6) is -17.4. The Kier molecular flexibility index (Phi) is 33.1. The Morgan fingerprint density at radius 2 is 1.25 bits per heavy atom. The number of aliphatic imine (C=N–C) groups is 1. The number of esters is 1. The molecule has 1 aromatic carbocycles. The summed E-state index contributed by atoms with van der Waals surface area (Å²) < 4.78 is 11.6. The molecule has 518 valence electrons. The number of carbonyl (C=O) groups excluding carboxylic acids is 12. The van der Waals surface area contributed by atoms with Crippen molar-refractivity contribution in [1.29, 1.82) is 0 Å². The van der Waals surface area contributed by atoms with Gasteiger partial charge < -0.3 is 106 Å². The highest BCUT2D eigenvalue weighted by Crippen LogP contribution is 2.25. The number of carbonyl (C=O) groups is 12. The first-order chi connectivity index (χ1) is 42.8. The van der Waals surface area contributed by atoms with E-state index in [1.54, 1.807) is 62.3 Å². The standard InChI is InChI=1S/C59H99N15O18/c1-13-30(8)39-53(86)72-40(31(9)76)52(85)65-24-38(77)70-42(45(79)47(61)80)55(88)69-37(25-75)57(90)92-46(32-18-15-14-16-19-32)43(74-51(84)36(23-28(4)5)67-48(81)33(60)26-91-59(10,11)12)56(89)73-41(44(78)29(6)7)54(87)68-35(22-27(2)3)50(83)66-34(49(82)71-39)20-17-21-64-58(62)63/h14-16,18-19,27-31,33-37,39-46,75-76,78-79H,13,17,20-26,60H2,1-12H3,(H2,61,80)(H,65,85)(H,66,83)(H,67,81)(H,68,87)(H,69,88)(H,70,77)(H,71,82)(H,72,86)(H,73,89)(H,74,84)(H4,62,63,64)/t30-,31-,33-,34+,35-,36-,37-,39?,40?,41-,42-,43-,44+,45-,46+/m0/s1. The molecule has 92 heavy (non-hydrogen) atoms. The SMILES string of the molecule is CC[C@H](C)C1NC(=O)[C@@H](CCCN=C(N)N)NC(=O)[C@H](CC(C)C)NC(=O)[C@H]([C@H](O)C(C)C)NC(=O)[C@@H](NC(=O)[C@H](CC(C)C)NC(=O)[C@@H](N)COC(C)(C)C)[C@@H](c2ccccc2)OC(=O)[C@H](CO)NC(=O)[C@H]([C@H](O)C(N)=O)NC(=O)CNC(=O)C([C@H](C)O)NC1=O. The lowest BCUT2D eigenvalue weighted by molar-refractivity contribution is -0.159. The highest BCUT2D eigenvalue weighted by Gasteiger charge is 2.44. The van der Waals surface area contributed by atoms with Crippen LogP contribution in [0, 0.1) is 23.7 Å². The Labute approximate surface area is 535 Å². The highest BCUT2D eigenvalue weighted by molar-refractivity contribution is 6.00. The zero-order chi connectivity index (χ0) is 70.1. The molecule has 0 radical (unpaired) electrons. The molecule has 1 aromatic rings. The van der Waals surface area contributed by atoms with Crippen molar-refractivity contribution in [3.63, 3.8) is 0 Å². The van der Waals surface area contributed by atoms with Crippen LogP contribution in [0.15, 0.2) is 35.3 Å². The first kappa shape index (κ1) is 80.0. The summed E-state index contributed by atoms with van der Waals surface area (Å²) >= 11 is 0. The summed E-state index contributed by atoms with van der Waals surface area (Å²) in [6.07, 6.45) is -8.36. The van der Waals surface area contributed by atoms with E-state index >= 15 is 4.79 Å². The number of benzene rings is 1. The third-order valence-electron chi connectivity index (χ3n) is 14.4. The van der Waals surface area contributed by atoms with Crippen molar-refractivity contribution in [2.24, 2.45) is 51.6 Å². The van der Waals surface area contributed by atoms with Crippen LogP contribution >= 0.6 is 0 Å². The molecule has 1 saturated heterocycles. The summed E-state index contributed by atoms with van der Waals surface area (Å²) in [4.78, 5) is 174. The van der Waals surface area contributed by atoms with Gasteiger partial charge in [0.1, 0.15) is 54.4 Å². The van der Waals surface area contributed by atoms with E-state index in [1.165, 1.54) is 44.2 Å². The summed E-state index contributed by atoms with van der Waals surface area (Å²) in [5.41, 5.74) is 21.8. The molecule has 1 heterocycles. The van der Waals surface area contributed by atoms with Crippen molar-refractivity contribution >= 4 is 76.9 Å². The molecule has 11 amide bonds. The fourth-order valence-electron chi connectivity index (χ4n) is 9.05. The molecule has 33 heteroatoms. The molecular formula is C59H99N15O18. The van der Waals surface area contributed by atoms with Gasteiger partial charge in [0.25, 0.3) is 0 Å². The average Bonchev–Trinajstić information content (AvgIpc) is 0.904. The van der Waals surface area contributed by atoms with Gasteiger partial charge in [-0.2, -0.15) is 0 Å². The number of nitrogens with two attached hydrogens (primary N) is 4. The predicted octanol–water partition coefficient (Wildman–Crippen LogP) is -5.67. The maximum Gasteiger partial charge on any atom is 0.331 e. The number of aliphatic hydroxyl groups is 4. The number of aliphatic hydroxyl groups excluding tert-OH is 4. The van der Waals surface area contributed by atoms with Crippen molar-refractivity contribution < 1.29 is 87.4 Å². The maximum absolute atomic E-state index is 15.4. The quantitative estimate of drug-likeness (QED) is 0.0210. The molecule has 0 saturated carbocycles. The number of hydrogen-bond acceptors (Lipinski definition) is 20. The Bertz CT molecular complexity index is 2710. The number of cyclic esters (lactones) is 1. The molecule has 15 atom stereocenters. The van der Waals surface area contributed by atoms with Crippen LogP contribution in [0.2, 0.25) is 0 Å². The Hall–Kier alpha value is -8.11. The zero-order valence-corrected chi connectivity index (χ0v) is 54.4. The van der Waals surface area contributed by atoms with E-state index in [2.05, 4.69) is 47.5 Å². The third-order valence-corrected chi connectivity index (χ3v) is 14.4. The maximum atomic E-state index is 15.4. The summed E-state index contributed by atoms with van der Waals surface area (Å²) in [5, 5.41) is 68.0. The number of guanidine groups is 1. The fourth-order valence-corrected chi connectivity index (χ4v) is 9.05. The second kappa shape index (κ2) is 38.0. The summed E-state index contributed by atoms with van der Waals surface area (Å²) in [7, 11) is 0. The largest absolute Gasteiger partial charge is 0.453 e. The molecule has 1 fully saturated rings. The lowest BCUT2D eigenvalue weighted by Gasteiger charge is -2.34. The van der Waals surface area contributed by atoms with E-state index in [-0.39, 0.29) is 62.7 Å². The van der Waals surface area contributed by atoms with E-state index in [9.17, 15) is 73.2 Å². The number of ether oxygens (including phenoxy) is 2. The number of nitrogens with zero attached hydrogens (tertiary/aromatic N) is 1. The van der Waals surface area contributed by atoms with Gasteiger partial charge in [-0.1, -0.05) is 92.1 Å². The highest BCUT2D eigenvalue weighted by atomic mass is 16.5. The van der Waals surface area contributed by atoms with E-state index in [0.717, 1.165) is 6.92 Å². The van der Waals surface area contributed by atoms with Crippen molar-refractivity contribution in [3.05, 3.63) is 35.9 Å². The van der Waals surface area contributed by atoms with Crippen LogP contribution in [0.4, 0.5) is 0 Å². The smallest absolute Gasteiger partial charge is 0.331 e. The van der Waals surface area contributed by atoms with Crippen LogP contribution in [0.25, 0.3) is 0 Å². The lowest BCUT2D eigenvalue weighted by Crippen LogP contribution is -2.64. The topological polar surface area (TPSA) is 541 Å². The average molecular weight is 1310 g/mol. The van der Waals surface area contributed by atoms with Crippen LogP contribution in [0.1, 0.15) is 127 Å². The Balaban J connectivity index is 3.13. The van der Waals surface area contributed by atoms with Gasteiger partial charge in [-0.3, -0.25) is 57.7 Å². The fraction of sp³-hybridized carbons (Fsp3) is 0.678. The molecule has 2 rings (SSSR count). The normalized spacial score (nSPS) is 24.6. The van der Waals surface area contributed by atoms with Crippen LogP contribution < -0.4 is 76.1 Å². The molecule has 1 aliphatic heterocycles. The molecule has 33 nitrogen and oxygen atoms in total. The number of rotatable bonds is 23. The lowest BCUT2D eigenvalue weighted by atomic mass is 9.95. The van der Waals surface area contributed by atoms with Crippen molar-refractivity contribution in [3.8, 4) is 0 Å². The number of nitrogens with one attached hydrogen (secondary N) is 10. The predicted molar refractivity (Wildman–Crippen MR) is 332 cm³/mol. The van der Waals surface area contributed by atoms with Gasteiger partial charge in [0.15, 0.2) is 24.2 Å². The number of primary amides is 1. The minimum Gasteiger partial charge on any atom is -0.453 e. The molecule has 22 N–H and O–H groups in total. The van der Waals surface area contributed by atoms with Gasteiger partial charge in [0, 0.05) is 6.54 Å². The van der Waals surface area contributed by atoms with E-state index in [1.807, 2.05) is 10.6 Å². The molecule has 1 aliphatic rings. The van der Waals surface area contributed by atoms with Crippen molar-refractivity contribution in [2.75, 3.05) is 26.3 Å². The van der Waals surface area contributed by atoms with Crippen LogP contribution in [0.3, 0.4) is 0 Å². The second-order valence-electron chi connectivity index (χ2n) is 24.8. The second-order valence-corrected chi connectivity index (χ2v) is 24.8. The minimum atomic E-state index is -2.58. The van der Waals surface area contributed by atoms with E-state index < -0.39 is 192 Å². The van der Waals surface area contributed by atoms with Gasteiger partial charge in [0.2, 0.25) is 65.0 Å². The van der Waals surface area contributed by atoms with Gasteiger partial charge in [-0.15, -0.1) is 0 Å². The van der Waals surface area contributed by atoms with Crippen LogP contribution in [0.5, 0.6) is 0 Å². The zero-order valence-electron chi connectivity index (χ0n) is 54.4. The van der Waals surface area contributed by atoms with Crippen LogP contribution in [-0.2, 0) is 67.0 Å². The van der Waals surface area contributed by atoms with Gasteiger partial charge >= 0.3 is 5.97 Å². The van der Waals surface area contributed by atoms with E-state index in [4.69, 9.17) is 32.4 Å². The molecule has 0 aromatic heterocycles. The van der Waals surface area contributed by atoms with Crippen molar-refractivity contribution in [1.82, 2.24) is 53.2 Å². The molecule has 0 spiro atoms. The molecular weight excluding hydrogens is 1210 g/mol. The number of hydrogen-bond donors (Lipinski definition) is 18. The summed E-state index contributed by atoms with van der Waals surface area (Å²) in [6, 6.07) is -11.2. The Morgan fingerprint density at radius 3 is 1.78 bits per heavy atom. The minimum absolute atomic E-state index is 0.0410. The van der Waals surface area contributed by atoms with Crippen LogP contribution in [-0.4, -0.2) is 208 Å². The van der Waals surface area contributed by atoms with Crippen molar-refractivity contribution in [2.45, 2.75) is 206 Å². The number of amides is 11. The molecule has 2 unspecified atom stereocenters. The first-order valence-electron chi connectivity index (χ1n) is 30.5. The monoisotopic (exact) mass is 1310 g/mol. The molecule has 0 bridgehead atoms.